The molecule has 126 valence electrons. The minimum atomic E-state index is 0.754. The van der Waals surface area contributed by atoms with Gasteiger partial charge in [0.1, 0.15) is 0 Å². The van der Waals surface area contributed by atoms with Gasteiger partial charge in [-0.15, -0.1) is 0 Å². The van der Waals surface area contributed by atoms with Crippen LogP contribution in [0.1, 0.15) is 110 Å². The molecule has 1 N–H and O–H groups in total. The molecule has 0 bridgehead atoms. The van der Waals surface area contributed by atoms with Crippen molar-refractivity contribution in [2.75, 3.05) is 6.54 Å². The molecule has 1 fully saturated rings. The number of nitrogens with one attached hydrogen (secondary N) is 1. The highest BCUT2D eigenvalue weighted by atomic mass is 14.9. The van der Waals surface area contributed by atoms with Crippen molar-refractivity contribution in [2.45, 2.75) is 116 Å². The maximum absolute atomic E-state index is 3.78. The molecule has 1 rings (SSSR count). The third-order valence-electron chi connectivity index (χ3n) is 5.35. The third-order valence-corrected chi connectivity index (χ3v) is 5.35. The fourth-order valence-electron chi connectivity index (χ4n) is 3.74. The van der Waals surface area contributed by atoms with Gasteiger partial charge in [0.05, 0.1) is 0 Å². The van der Waals surface area contributed by atoms with Gasteiger partial charge in [0.15, 0.2) is 0 Å². The first kappa shape index (κ1) is 19.0. The summed E-state index contributed by atoms with van der Waals surface area (Å²) in [5, 5.41) is 3.78. The number of hydrogen-bond acceptors (Lipinski definition) is 1. The van der Waals surface area contributed by atoms with Gasteiger partial charge in [-0.3, -0.25) is 0 Å². The zero-order valence-corrected chi connectivity index (χ0v) is 15.0. The zero-order chi connectivity index (χ0) is 15.2. The molecule has 1 saturated carbocycles. The van der Waals surface area contributed by atoms with Gasteiger partial charge >= 0.3 is 0 Å². The van der Waals surface area contributed by atoms with Crippen LogP contribution in [-0.4, -0.2) is 12.6 Å². The molecule has 0 aromatic heterocycles. The van der Waals surface area contributed by atoms with Crippen molar-refractivity contribution < 1.29 is 0 Å². The molecule has 0 aliphatic heterocycles. The van der Waals surface area contributed by atoms with Gasteiger partial charge in [0, 0.05) is 6.04 Å². The maximum Gasteiger partial charge on any atom is 0.00669 e. The average Bonchev–Trinajstić information content (AvgIpc) is 2.53. The fourth-order valence-corrected chi connectivity index (χ4v) is 3.74. The lowest BCUT2D eigenvalue weighted by Gasteiger charge is -2.28. The fraction of sp³-hybridized carbons (Fsp3) is 1.00. The summed E-state index contributed by atoms with van der Waals surface area (Å²) < 4.78 is 0. The van der Waals surface area contributed by atoms with Gasteiger partial charge < -0.3 is 5.32 Å². The molecule has 1 heteroatoms. The molecular weight excluding hydrogens is 254 g/mol. The largest absolute Gasteiger partial charge is 0.314 e. The van der Waals surface area contributed by atoms with Crippen LogP contribution in [0.2, 0.25) is 0 Å². The van der Waals surface area contributed by atoms with Crippen molar-refractivity contribution in [1.29, 1.82) is 0 Å². The Morgan fingerprint density at radius 3 is 1.86 bits per heavy atom. The smallest absolute Gasteiger partial charge is 0.00669 e. The average molecular weight is 296 g/mol. The molecule has 1 unspecified atom stereocenters. The SMILES string of the molecule is CCCCCCCCCCCCNC(C)C1CCCCC1. The minimum Gasteiger partial charge on any atom is -0.314 e. The molecule has 1 atom stereocenters. The standard InChI is InChI=1S/C20H41N/c1-3-4-5-6-7-8-9-10-11-15-18-21-19(2)20-16-13-12-14-17-20/h19-21H,3-18H2,1-2H3. The second-order valence-electron chi connectivity index (χ2n) is 7.32. The van der Waals surface area contributed by atoms with E-state index in [4.69, 9.17) is 0 Å². The Morgan fingerprint density at radius 2 is 1.29 bits per heavy atom. The summed E-state index contributed by atoms with van der Waals surface area (Å²) in [6, 6.07) is 0.754. The third kappa shape index (κ3) is 10.3. The summed E-state index contributed by atoms with van der Waals surface area (Å²) in [4.78, 5) is 0. The molecule has 0 heterocycles. The van der Waals surface area contributed by atoms with Crippen LogP contribution in [0.15, 0.2) is 0 Å². The van der Waals surface area contributed by atoms with Crippen molar-refractivity contribution in [3.05, 3.63) is 0 Å². The molecular formula is C20H41N. The van der Waals surface area contributed by atoms with E-state index in [2.05, 4.69) is 19.2 Å². The van der Waals surface area contributed by atoms with Gasteiger partial charge in [-0.25, -0.2) is 0 Å². The lowest BCUT2D eigenvalue weighted by atomic mass is 9.84. The maximum atomic E-state index is 3.78. The Morgan fingerprint density at radius 1 is 0.762 bits per heavy atom. The Balaban J connectivity index is 1.79. The van der Waals surface area contributed by atoms with Crippen molar-refractivity contribution in [3.8, 4) is 0 Å². The molecule has 0 spiro atoms. The van der Waals surface area contributed by atoms with E-state index in [0.29, 0.717) is 0 Å². The second-order valence-corrected chi connectivity index (χ2v) is 7.32. The monoisotopic (exact) mass is 295 g/mol. The van der Waals surface area contributed by atoms with Crippen LogP contribution >= 0.6 is 0 Å². The van der Waals surface area contributed by atoms with Crippen LogP contribution in [0.5, 0.6) is 0 Å². The number of hydrogen-bond donors (Lipinski definition) is 1. The van der Waals surface area contributed by atoms with Gasteiger partial charge in [0.25, 0.3) is 0 Å². The molecule has 1 nitrogen and oxygen atoms in total. The lowest BCUT2D eigenvalue weighted by molar-refractivity contribution is 0.280. The molecule has 1 aliphatic rings. The van der Waals surface area contributed by atoms with E-state index in [1.807, 2.05) is 0 Å². The number of unbranched alkanes of at least 4 members (excludes halogenated alkanes) is 9. The van der Waals surface area contributed by atoms with Crippen molar-refractivity contribution >= 4 is 0 Å². The highest BCUT2D eigenvalue weighted by molar-refractivity contribution is 4.75. The molecule has 0 saturated heterocycles. The van der Waals surface area contributed by atoms with Crippen LogP contribution in [-0.2, 0) is 0 Å². The molecule has 0 amide bonds. The number of rotatable bonds is 13. The van der Waals surface area contributed by atoms with Gasteiger partial charge in [0.2, 0.25) is 0 Å². The highest BCUT2D eigenvalue weighted by Gasteiger charge is 2.18. The molecule has 0 radical (unpaired) electrons. The molecule has 0 aromatic carbocycles. The van der Waals surface area contributed by atoms with Gasteiger partial charge in [-0.1, -0.05) is 84.0 Å². The predicted molar refractivity (Wildman–Crippen MR) is 95.9 cm³/mol. The minimum absolute atomic E-state index is 0.754. The summed E-state index contributed by atoms with van der Waals surface area (Å²) in [5.74, 6) is 0.960. The van der Waals surface area contributed by atoms with Crippen LogP contribution in [0, 0.1) is 5.92 Å². The first-order valence-corrected chi connectivity index (χ1v) is 10.1. The van der Waals surface area contributed by atoms with Crippen molar-refractivity contribution in [2.24, 2.45) is 5.92 Å². The van der Waals surface area contributed by atoms with E-state index >= 15 is 0 Å². The van der Waals surface area contributed by atoms with E-state index in [-0.39, 0.29) is 0 Å². The Labute approximate surface area is 134 Å². The first-order chi connectivity index (χ1) is 10.3. The molecule has 0 aromatic rings. The molecule has 21 heavy (non-hydrogen) atoms. The van der Waals surface area contributed by atoms with Crippen molar-refractivity contribution in [1.82, 2.24) is 5.32 Å². The van der Waals surface area contributed by atoms with E-state index in [1.54, 1.807) is 0 Å². The summed E-state index contributed by atoms with van der Waals surface area (Å²) >= 11 is 0. The highest BCUT2D eigenvalue weighted by Crippen LogP contribution is 2.26. The summed E-state index contributed by atoms with van der Waals surface area (Å²) in [6.45, 7) is 5.95. The van der Waals surface area contributed by atoms with E-state index in [9.17, 15) is 0 Å². The van der Waals surface area contributed by atoms with Crippen LogP contribution < -0.4 is 5.32 Å². The van der Waals surface area contributed by atoms with Crippen LogP contribution in [0.3, 0.4) is 0 Å². The quantitative estimate of drug-likeness (QED) is 0.384. The Bertz CT molecular complexity index is 208. The molecule has 1 aliphatic carbocycles. The van der Waals surface area contributed by atoms with Gasteiger partial charge in [-0.2, -0.15) is 0 Å². The summed E-state index contributed by atoms with van der Waals surface area (Å²) in [7, 11) is 0. The second kappa shape index (κ2) is 13.6. The van der Waals surface area contributed by atoms with Crippen LogP contribution in [0.4, 0.5) is 0 Å². The Hall–Kier alpha value is -0.0400. The normalized spacial score (nSPS) is 18.0. The van der Waals surface area contributed by atoms with E-state index in [0.717, 1.165) is 12.0 Å². The zero-order valence-electron chi connectivity index (χ0n) is 15.0. The van der Waals surface area contributed by atoms with Crippen molar-refractivity contribution in [3.63, 3.8) is 0 Å². The first-order valence-electron chi connectivity index (χ1n) is 10.1. The summed E-state index contributed by atoms with van der Waals surface area (Å²) in [6.07, 6.45) is 21.7. The topological polar surface area (TPSA) is 12.0 Å². The summed E-state index contributed by atoms with van der Waals surface area (Å²) in [5.41, 5.74) is 0. The lowest BCUT2D eigenvalue weighted by Crippen LogP contribution is -2.35. The Kier molecular flexibility index (Phi) is 12.3. The predicted octanol–water partition coefficient (Wildman–Crippen LogP) is 6.47. The van der Waals surface area contributed by atoms with Crippen LogP contribution in [0.25, 0.3) is 0 Å². The van der Waals surface area contributed by atoms with E-state index < -0.39 is 0 Å². The van der Waals surface area contributed by atoms with Gasteiger partial charge in [-0.05, 0) is 38.6 Å². The van der Waals surface area contributed by atoms with E-state index in [1.165, 1.54) is 103 Å².